The van der Waals surface area contributed by atoms with E-state index in [4.69, 9.17) is 19.0 Å². The molecule has 36 heavy (non-hydrogen) atoms. The van der Waals surface area contributed by atoms with Gasteiger partial charge in [-0.05, 0) is 23.3 Å². The molecule has 0 amide bonds. The molecule has 0 aromatic heterocycles. The summed E-state index contributed by atoms with van der Waals surface area (Å²) < 4.78 is 56.9. The lowest BCUT2D eigenvalue weighted by Crippen LogP contribution is -2.24. The average molecular weight is 499 g/mol. The largest absolute Gasteiger partial charge is 0.503 e. The van der Waals surface area contributed by atoms with Crippen molar-refractivity contribution in [1.29, 1.82) is 0 Å². The molecule has 0 spiro atoms. The van der Waals surface area contributed by atoms with Crippen LogP contribution >= 0.6 is 0 Å². The van der Waals surface area contributed by atoms with Crippen LogP contribution in [-0.4, -0.2) is 32.1 Å². The number of rotatable bonds is 10. The summed E-state index contributed by atoms with van der Waals surface area (Å²) in [4.78, 5) is 17.3. The molecular formula is C27H24F3NO5. The van der Waals surface area contributed by atoms with Gasteiger partial charge in [-0.3, -0.25) is 0 Å². The predicted octanol–water partition coefficient (Wildman–Crippen LogP) is 5.91. The molecule has 0 aliphatic rings. The van der Waals surface area contributed by atoms with E-state index in [0.29, 0.717) is 11.1 Å². The van der Waals surface area contributed by atoms with E-state index in [9.17, 15) is 18.0 Å². The number of benzene rings is 3. The first kappa shape index (κ1) is 26.3. The minimum absolute atomic E-state index is 0.0856. The quantitative estimate of drug-likeness (QED) is 0.114. The van der Waals surface area contributed by atoms with Crippen LogP contribution in [0.5, 0.6) is 5.75 Å². The first-order valence-corrected chi connectivity index (χ1v) is 10.8. The molecule has 9 heteroatoms. The zero-order chi connectivity index (χ0) is 26.0. The molecule has 0 unspecified atom stereocenters. The van der Waals surface area contributed by atoms with Gasteiger partial charge in [-0.15, -0.1) is 0 Å². The van der Waals surface area contributed by atoms with E-state index < -0.39 is 17.9 Å². The summed E-state index contributed by atoms with van der Waals surface area (Å²) in [5.74, 6) is -0.415. The van der Waals surface area contributed by atoms with Crippen molar-refractivity contribution in [3.8, 4) is 5.75 Å². The van der Waals surface area contributed by atoms with Gasteiger partial charge in [0.15, 0.2) is 5.71 Å². The number of methoxy groups -OCH3 is 2. The third-order valence-corrected chi connectivity index (χ3v) is 4.95. The normalized spacial score (nSPS) is 12.1. The zero-order valence-corrected chi connectivity index (χ0v) is 19.6. The van der Waals surface area contributed by atoms with Gasteiger partial charge in [-0.1, -0.05) is 71.9 Å². The van der Waals surface area contributed by atoms with Crippen LogP contribution in [0.2, 0.25) is 0 Å². The van der Waals surface area contributed by atoms with Crippen LogP contribution in [0.3, 0.4) is 0 Å². The molecule has 6 nitrogen and oxygen atoms in total. The summed E-state index contributed by atoms with van der Waals surface area (Å²) in [6.45, 7) is -0.133. The van der Waals surface area contributed by atoms with E-state index in [1.165, 1.54) is 38.7 Å². The number of esters is 1. The third-order valence-electron chi connectivity index (χ3n) is 4.95. The maximum Gasteiger partial charge on any atom is 0.437 e. The number of nitrogens with zero attached hydrogens (tertiary/aromatic N) is 1. The van der Waals surface area contributed by atoms with Crippen molar-refractivity contribution in [2.24, 2.45) is 5.16 Å². The highest BCUT2D eigenvalue weighted by molar-refractivity contribution is 6.16. The van der Waals surface area contributed by atoms with E-state index >= 15 is 0 Å². The Morgan fingerprint density at radius 2 is 1.64 bits per heavy atom. The second kappa shape index (κ2) is 12.4. The maximum atomic E-state index is 13.8. The van der Waals surface area contributed by atoms with Crippen LogP contribution in [0, 0.1) is 0 Å². The fraction of sp³-hybridized carbons (Fsp3) is 0.185. The molecule has 3 aromatic carbocycles. The lowest BCUT2D eigenvalue weighted by Gasteiger charge is -2.14. The van der Waals surface area contributed by atoms with Gasteiger partial charge in [-0.25, -0.2) is 4.79 Å². The number of oxime groups is 1. The van der Waals surface area contributed by atoms with Gasteiger partial charge in [0.05, 0.1) is 20.5 Å². The Hall–Kier alpha value is -4.27. The minimum Gasteiger partial charge on any atom is -0.503 e. The summed E-state index contributed by atoms with van der Waals surface area (Å²) in [7, 11) is 2.57. The number of hydrogen-bond acceptors (Lipinski definition) is 6. The lowest BCUT2D eigenvalue weighted by atomic mass is 10.0. The van der Waals surface area contributed by atoms with E-state index in [2.05, 4.69) is 5.16 Å². The Labute approximate surface area is 206 Å². The number of carbonyl (C=O) groups excluding carboxylic acids is 1. The molecule has 188 valence electrons. The van der Waals surface area contributed by atoms with Crippen molar-refractivity contribution in [1.82, 2.24) is 0 Å². The van der Waals surface area contributed by atoms with Gasteiger partial charge in [-0.2, -0.15) is 13.2 Å². The van der Waals surface area contributed by atoms with E-state index in [0.717, 1.165) is 5.56 Å². The molecule has 0 radical (unpaired) electrons. The first-order chi connectivity index (χ1) is 17.3. The summed E-state index contributed by atoms with van der Waals surface area (Å²) in [6, 6.07) is 21.3. The fourth-order valence-electron chi connectivity index (χ4n) is 3.27. The topological polar surface area (TPSA) is 66.4 Å². The second-order valence-corrected chi connectivity index (χ2v) is 7.43. The first-order valence-electron chi connectivity index (χ1n) is 10.8. The SMILES string of the molecule is COC=C(C(=O)OC)c1ccccc1CON=C(c1cccc(OCc2ccccc2)c1)C(F)(F)F. The zero-order valence-electron chi connectivity index (χ0n) is 19.6. The second-order valence-electron chi connectivity index (χ2n) is 7.43. The number of alkyl halides is 3. The van der Waals surface area contributed by atoms with Crippen molar-refractivity contribution in [2.75, 3.05) is 14.2 Å². The van der Waals surface area contributed by atoms with Gasteiger partial charge in [0.1, 0.15) is 24.5 Å². The van der Waals surface area contributed by atoms with Crippen LogP contribution in [0.1, 0.15) is 22.3 Å². The van der Waals surface area contributed by atoms with Gasteiger partial charge in [0, 0.05) is 11.1 Å². The van der Waals surface area contributed by atoms with Crippen molar-refractivity contribution >= 4 is 17.3 Å². The van der Waals surface area contributed by atoms with Gasteiger partial charge in [0.25, 0.3) is 0 Å². The average Bonchev–Trinajstić information content (AvgIpc) is 2.88. The van der Waals surface area contributed by atoms with Crippen LogP contribution < -0.4 is 4.74 Å². The molecule has 0 N–H and O–H groups in total. The molecule has 3 rings (SSSR count). The molecule has 0 heterocycles. The Morgan fingerprint density at radius 3 is 2.33 bits per heavy atom. The molecule has 0 aliphatic carbocycles. The Balaban J connectivity index is 1.82. The monoisotopic (exact) mass is 499 g/mol. The molecule has 0 saturated heterocycles. The van der Waals surface area contributed by atoms with E-state index in [-0.39, 0.29) is 30.1 Å². The Morgan fingerprint density at radius 1 is 0.917 bits per heavy atom. The summed E-state index contributed by atoms with van der Waals surface area (Å²) in [6.07, 6.45) is -3.60. The Bertz CT molecular complexity index is 1220. The molecule has 0 bridgehead atoms. The van der Waals surface area contributed by atoms with Gasteiger partial charge < -0.3 is 19.0 Å². The molecule has 0 atom stereocenters. The molecule has 0 saturated carbocycles. The molecule has 0 fully saturated rings. The highest BCUT2D eigenvalue weighted by Crippen LogP contribution is 2.27. The summed E-state index contributed by atoms with van der Waals surface area (Å²) in [5, 5.41) is 3.40. The summed E-state index contributed by atoms with van der Waals surface area (Å²) in [5.41, 5.74) is 0.329. The van der Waals surface area contributed by atoms with E-state index in [1.807, 2.05) is 30.3 Å². The standard InChI is InChI=1S/C27H24F3NO5/c1-33-18-24(26(32)34-2)23-14-7-6-11-21(23)17-36-31-25(27(28,29)30)20-12-8-13-22(15-20)35-16-19-9-4-3-5-10-19/h3-15,18H,16-17H2,1-2H3. The smallest absolute Gasteiger partial charge is 0.437 e. The van der Waals surface area contributed by atoms with Crippen molar-refractivity contribution < 1.29 is 37.0 Å². The van der Waals surface area contributed by atoms with Crippen molar-refractivity contribution in [3.05, 3.63) is 107 Å². The maximum absolute atomic E-state index is 13.8. The van der Waals surface area contributed by atoms with Crippen LogP contribution in [0.15, 0.2) is 90.3 Å². The van der Waals surface area contributed by atoms with Crippen molar-refractivity contribution in [3.63, 3.8) is 0 Å². The van der Waals surface area contributed by atoms with Crippen molar-refractivity contribution in [2.45, 2.75) is 19.4 Å². The highest BCUT2D eigenvalue weighted by atomic mass is 19.4. The highest BCUT2D eigenvalue weighted by Gasteiger charge is 2.38. The minimum atomic E-state index is -4.79. The van der Waals surface area contributed by atoms with Gasteiger partial charge in [0.2, 0.25) is 0 Å². The number of hydrogen-bond donors (Lipinski definition) is 0. The fourth-order valence-corrected chi connectivity index (χ4v) is 3.27. The van der Waals surface area contributed by atoms with E-state index in [1.54, 1.807) is 30.3 Å². The number of halogens is 3. The predicted molar refractivity (Wildman–Crippen MR) is 128 cm³/mol. The third kappa shape index (κ3) is 7.11. The molecule has 0 aliphatic heterocycles. The lowest BCUT2D eigenvalue weighted by molar-refractivity contribution is -0.133. The van der Waals surface area contributed by atoms with Crippen LogP contribution in [-0.2, 0) is 32.3 Å². The summed E-state index contributed by atoms with van der Waals surface area (Å²) >= 11 is 0. The molecule has 3 aromatic rings. The number of ether oxygens (including phenoxy) is 3. The van der Waals surface area contributed by atoms with Crippen LogP contribution in [0.25, 0.3) is 5.57 Å². The molecular weight excluding hydrogens is 475 g/mol. The Kier molecular flexibility index (Phi) is 9.10. The number of carbonyl (C=O) groups is 1. The van der Waals surface area contributed by atoms with Crippen LogP contribution in [0.4, 0.5) is 13.2 Å². The van der Waals surface area contributed by atoms with Gasteiger partial charge >= 0.3 is 12.1 Å².